The van der Waals surface area contributed by atoms with Crippen molar-refractivity contribution in [3.05, 3.63) is 74.2 Å². The van der Waals surface area contributed by atoms with Gasteiger partial charge in [-0.05, 0) is 49.4 Å². The molecule has 1 aliphatic rings. The van der Waals surface area contributed by atoms with Crippen LogP contribution < -0.4 is 5.32 Å². The molecule has 3 rings (SSSR count). The normalized spacial score (nSPS) is 15.1. The smallest absolute Gasteiger partial charge is 0.294 e. The van der Waals surface area contributed by atoms with Gasteiger partial charge in [0.15, 0.2) is 0 Å². The number of hydrogen-bond acceptors (Lipinski definition) is 6. The van der Waals surface area contributed by atoms with Gasteiger partial charge in [0.2, 0.25) is 5.91 Å². The fourth-order valence-corrected chi connectivity index (χ4v) is 3.67. The lowest BCUT2D eigenvalue weighted by molar-refractivity contribution is -0.385. The molecule has 1 aliphatic heterocycles. The third-order valence-corrected chi connectivity index (χ3v) is 5.16. The van der Waals surface area contributed by atoms with Gasteiger partial charge >= 0.3 is 0 Å². The monoisotopic (exact) mass is 411 g/mol. The number of hydrogen-bond donors (Lipinski definition) is 1. The molecular weight excluding hydrogens is 394 g/mol. The van der Waals surface area contributed by atoms with Crippen LogP contribution in [0.2, 0.25) is 0 Å². The summed E-state index contributed by atoms with van der Waals surface area (Å²) in [6, 6.07) is 11.4. The van der Waals surface area contributed by atoms with E-state index >= 15 is 0 Å². The summed E-state index contributed by atoms with van der Waals surface area (Å²) < 4.78 is 0. The second kappa shape index (κ2) is 8.27. The van der Waals surface area contributed by atoms with E-state index in [4.69, 9.17) is 0 Å². The Morgan fingerprint density at radius 3 is 2.62 bits per heavy atom. The molecule has 2 aromatic carbocycles. The van der Waals surface area contributed by atoms with Crippen molar-refractivity contribution in [1.29, 1.82) is 0 Å². The molecule has 1 N–H and O–H groups in total. The average molecular weight is 411 g/mol. The zero-order valence-corrected chi connectivity index (χ0v) is 16.5. The molecule has 0 atom stereocenters. The van der Waals surface area contributed by atoms with Crippen molar-refractivity contribution in [3.8, 4) is 0 Å². The molecule has 1 saturated heterocycles. The molecular formula is C20H17N3O5S. The molecule has 148 valence electrons. The molecule has 9 heteroatoms. The lowest BCUT2D eigenvalue weighted by atomic mass is 10.1. The van der Waals surface area contributed by atoms with Crippen molar-refractivity contribution in [1.82, 2.24) is 4.90 Å². The molecule has 0 spiro atoms. The number of nitrogens with one attached hydrogen (secondary N) is 1. The summed E-state index contributed by atoms with van der Waals surface area (Å²) >= 11 is 0.646. The minimum absolute atomic E-state index is 0.0311. The molecule has 1 fully saturated rings. The van der Waals surface area contributed by atoms with Crippen LogP contribution in [0, 0.1) is 24.0 Å². The van der Waals surface area contributed by atoms with E-state index in [9.17, 15) is 24.5 Å². The number of rotatable bonds is 5. The number of benzene rings is 2. The van der Waals surface area contributed by atoms with Gasteiger partial charge in [0, 0.05) is 11.8 Å². The minimum atomic E-state index is -0.658. The molecule has 29 heavy (non-hydrogen) atoms. The second-order valence-electron chi connectivity index (χ2n) is 6.45. The predicted octanol–water partition coefficient (Wildman–Crippen LogP) is 3.89. The first-order valence-electron chi connectivity index (χ1n) is 8.62. The topological polar surface area (TPSA) is 110 Å². The van der Waals surface area contributed by atoms with E-state index in [-0.39, 0.29) is 16.2 Å². The molecule has 1 heterocycles. The number of amides is 3. The first-order valence-corrected chi connectivity index (χ1v) is 9.44. The number of anilines is 1. The van der Waals surface area contributed by atoms with Gasteiger partial charge in [-0.2, -0.15) is 0 Å². The van der Waals surface area contributed by atoms with Crippen molar-refractivity contribution < 1.29 is 19.3 Å². The van der Waals surface area contributed by atoms with Crippen LogP contribution in [0.15, 0.2) is 47.4 Å². The van der Waals surface area contributed by atoms with Gasteiger partial charge < -0.3 is 5.32 Å². The zero-order chi connectivity index (χ0) is 21.1. The van der Waals surface area contributed by atoms with Crippen LogP contribution in [0.1, 0.15) is 16.7 Å². The summed E-state index contributed by atoms with van der Waals surface area (Å²) in [5, 5.41) is 13.2. The van der Waals surface area contributed by atoms with Crippen LogP contribution in [-0.4, -0.2) is 33.4 Å². The molecule has 0 saturated carbocycles. The number of imide groups is 1. The SMILES string of the molecule is Cc1ccc(NC(=O)CN2C(=O)S/C(=C/c3ccccc3[N+](=O)[O-])C2=O)c(C)c1. The van der Waals surface area contributed by atoms with Gasteiger partial charge in [-0.15, -0.1) is 0 Å². The maximum atomic E-state index is 12.6. The van der Waals surface area contributed by atoms with E-state index in [1.54, 1.807) is 12.1 Å². The third kappa shape index (κ3) is 4.52. The largest absolute Gasteiger partial charge is 0.324 e. The van der Waals surface area contributed by atoms with Crippen molar-refractivity contribution in [2.24, 2.45) is 0 Å². The highest BCUT2D eigenvalue weighted by atomic mass is 32.2. The van der Waals surface area contributed by atoms with E-state index in [2.05, 4.69) is 5.32 Å². The van der Waals surface area contributed by atoms with E-state index in [0.717, 1.165) is 16.0 Å². The van der Waals surface area contributed by atoms with Crippen LogP contribution in [0.3, 0.4) is 0 Å². The predicted molar refractivity (Wildman–Crippen MR) is 110 cm³/mol. The Kier molecular flexibility index (Phi) is 5.79. The molecule has 0 radical (unpaired) electrons. The molecule has 2 aromatic rings. The molecule has 0 unspecified atom stereocenters. The standard InChI is InChI=1S/C20H17N3O5S/c1-12-7-8-15(13(2)9-12)21-18(24)11-22-19(25)17(29-20(22)26)10-14-5-3-4-6-16(14)23(27)28/h3-10H,11H2,1-2H3,(H,21,24)/b17-10+. The number of carbonyl (C=O) groups is 3. The Morgan fingerprint density at radius 2 is 1.93 bits per heavy atom. The van der Waals surface area contributed by atoms with Crippen LogP contribution in [0.25, 0.3) is 6.08 Å². The Morgan fingerprint density at radius 1 is 1.21 bits per heavy atom. The van der Waals surface area contributed by atoms with Crippen LogP contribution in [-0.2, 0) is 9.59 Å². The van der Waals surface area contributed by atoms with Crippen molar-refractivity contribution in [2.45, 2.75) is 13.8 Å². The quantitative estimate of drug-likeness (QED) is 0.454. The Hall–Kier alpha value is -3.46. The first-order chi connectivity index (χ1) is 13.8. The third-order valence-electron chi connectivity index (χ3n) is 4.25. The maximum absolute atomic E-state index is 12.6. The van der Waals surface area contributed by atoms with Gasteiger partial charge in [0.05, 0.1) is 15.4 Å². The number of nitro groups is 1. The van der Waals surface area contributed by atoms with Gasteiger partial charge in [-0.1, -0.05) is 29.8 Å². The lowest BCUT2D eigenvalue weighted by Crippen LogP contribution is -2.36. The van der Waals surface area contributed by atoms with E-state index in [1.807, 2.05) is 26.0 Å². The Labute approximate surface area is 170 Å². The first kappa shape index (κ1) is 20.3. The molecule has 0 aromatic heterocycles. The van der Waals surface area contributed by atoms with E-state index in [0.29, 0.717) is 17.4 Å². The Balaban J connectivity index is 1.75. The van der Waals surface area contributed by atoms with Crippen molar-refractivity contribution >= 4 is 46.3 Å². The second-order valence-corrected chi connectivity index (χ2v) is 7.44. The molecule has 3 amide bonds. The summed E-state index contributed by atoms with van der Waals surface area (Å²) in [5.74, 6) is -1.17. The van der Waals surface area contributed by atoms with Crippen LogP contribution in [0.5, 0.6) is 0 Å². The number of nitrogens with zero attached hydrogens (tertiary/aromatic N) is 2. The highest BCUT2D eigenvalue weighted by Crippen LogP contribution is 2.33. The number of thioether (sulfide) groups is 1. The summed E-state index contributed by atoms with van der Waals surface area (Å²) in [6.45, 7) is 3.34. The van der Waals surface area contributed by atoms with Crippen molar-refractivity contribution in [2.75, 3.05) is 11.9 Å². The average Bonchev–Trinajstić information content (AvgIpc) is 2.92. The summed E-state index contributed by atoms with van der Waals surface area (Å²) in [6.07, 6.45) is 1.30. The van der Waals surface area contributed by atoms with E-state index < -0.39 is 28.5 Å². The maximum Gasteiger partial charge on any atom is 0.294 e. The molecule has 0 aliphatic carbocycles. The number of aryl methyl sites for hydroxylation is 2. The van der Waals surface area contributed by atoms with Crippen molar-refractivity contribution in [3.63, 3.8) is 0 Å². The highest BCUT2D eigenvalue weighted by Gasteiger charge is 2.36. The van der Waals surface area contributed by atoms with E-state index in [1.165, 1.54) is 24.3 Å². The fourth-order valence-electron chi connectivity index (χ4n) is 2.84. The van der Waals surface area contributed by atoms with Crippen LogP contribution >= 0.6 is 11.8 Å². The van der Waals surface area contributed by atoms with Gasteiger partial charge in [0.1, 0.15) is 6.54 Å². The van der Waals surface area contributed by atoms with Crippen LogP contribution in [0.4, 0.5) is 16.2 Å². The molecule has 8 nitrogen and oxygen atoms in total. The summed E-state index contributed by atoms with van der Waals surface area (Å²) in [7, 11) is 0. The number of carbonyl (C=O) groups excluding carboxylic acids is 3. The highest BCUT2D eigenvalue weighted by molar-refractivity contribution is 8.18. The lowest BCUT2D eigenvalue weighted by Gasteiger charge is -2.14. The zero-order valence-electron chi connectivity index (χ0n) is 15.7. The van der Waals surface area contributed by atoms with Gasteiger partial charge in [0.25, 0.3) is 16.8 Å². The summed E-state index contributed by atoms with van der Waals surface area (Å²) in [4.78, 5) is 48.5. The summed E-state index contributed by atoms with van der Waals surface area (Å²) in [5.41, 5.74) is 2.55. The van der Waals surface area contributed by atoms with Gasteiger partial charge in [-0.25, -0.2) is 0 Å². The molecule has 0 bridgehead atoms. The minimum Gasteiger partial charge on any atom is -0.324 e. The number of nitro benzene ring substituents is 1. The Bertz CT molecular complexity index is 1060. The fraction of sp³-hybridized carbons (Fsp3) is 0.150. The van der Waals surface area contributed by atoms with Gasteiger partial charge in [-0.3, -0.25) is 29.4 Å². The number of para-hydroxylation sites is 1.